The van der Waals surface area contributed by atoms with Crippen molar-refractivity contribution in [2.75, 3.05) is 6.54 Å². The molecule has 5 heteroatoms. The average Bonchev–Trinajstić information content (AvgIpc) is 3.29. The van der Waals surface area contributed by atoms with Gasteiger partial charge in [-0.15, -0.1) is 0 Å². The number of aromatic nitrogens is 2. The number of likely N-dealkylation sites (tertiary alicyclic amines) is 1. The van der Waals surface area contributed by atoms with Gasteiger partial charge in [0.05, 0.1) is 0 Å². The van der Waals surface area contributed by atoms with Gasteiger partial charge in [-0.05, 0) is 51.8 Å². The fourth-order valence-corrected chi connectivity index (χ4v) is 3.80. The molecular weight excluding hydrogens is 338 g/mol. The zero-order valence-electron chi connectivity index (χ0n) is 15.9. The van der Waals surface area contributed by atoms with E-state index in [2.05, 4.69) is 16.2 Å². The normalized spacial score (nSPS) is 16.7. The largest absolute Gasteiger partial charge is 0.337 e. The van der Waals surface area contributed by atoms with Crippen LogP contribution in [0.2, 0.25) is 0 Å². The van der Waals surface area contributed by atoms with Gasteiger partial charge in [0.2, 0.25) is 11.7 Å². The third kappa shape index (κ3) is 3.50. The Balaban J connectivity index is 1.61. The Hall–Kier alpha value is -2.95. The standard InChI is InChI=1S/C22H23N3O2/c1-14-6-4-7-17(11-14)20-23-21(27-24-20)19-8-5-9-25(19)22(26)18-12-15(2)10-16(3)13-18/h4,6-7,10-13,19H,5,8-9H2,1-3H3. The van der Waals surface area contributed by atoms with Crippen LogP contribution in [-0.2, 0) is 0 Å². The molecule has 0 N–H and O–H groups in total. The minimum absolute atomic E-state index is 0.0274. The van der Waals surface area contributed by atoms with Crippen molar-refractivity contribution in [3.05, 3.63) is 70.6 Å². The van der Waals surface area contributed by atoms with Crippen molar-refractivity contribution in [2.24, 2.45) is 0 Å². The fraction of sp³-hybridized carbons (Fsp3) is 0.318. The second-order valence-electron chi connectivity index (χ2n) is 7.36. The summed E-state index contributed by atoms with van der Waals surface area (Å²) >= 11 is 0. The summed E-state index contributed by atoms with van der Waals surface area (Å²) in [6, 6.07) is 13.8. The molecule has 2 heterocycles. The number of nitrogens with zero attached hydrogens (tertiary/aromatic N) is 3. The maximum absolute atomic E-state index is 13.1. The monoisotopic (exact) mass is 361 g/mol. The van der Waals surface area contributed by atoms with Gasteiger partial charge in [0.25, 0.3) is 5.91 Å². The molecule has 1 aromatic heterocycles. The Morgan fingerprint density at radius 1 is 1.07 bits per heavy atom. The third-order valence-corrected chi connectivity index (χ3v) is 4.99. The number of carbonyl (C=O) groups excluding carboxylic acids is 1. The number of rotatable bonds is 3. The van der Waals surface area contributed by atoms with Gasteiger partial charge < -0.3 is 9.42 Å². The maximum Gasteiger partial charge on any atom is 0.254 e. The summed E-state index contributed by atoms with van der Waals surface area (Å²) in [6.07, 6.45) is 1.77. The Kier molecular flexibility index (Phi) is 4.52. The molecule has 4 rings (SSSR count). The lowest BCUT2D eigenvalue weighted by Gasteiger charge is -2.22. The Morgan fingerprint density at radius 3 is 2.59 bits per heavy atom. The van der Waals surface area contributed by atoms with Crippen LogP contribution in [0, 0.1) is 20.8 Å². The summed E-state index contributed by atoms with van der Waals surface area (Å²) in [7, 11) is 0. The molecule has 2 aromatic carbocycles. The van der Waals surface area contributed by atoms with Gasteiger partial charge in [-0.25, -0.2) is 0 Å². The van der Waals surface area contributed by atoms with Gasteiger partial charge in [-0.1, -0.05) is 46.1 Å². The molecule has 1 saturated heterocycles. The zero-order valence-corrected chi connectivity index (χ0v) is 15.9. The molecule has 138 valence electrons. The van der Waals surface area contributed by atoms with Crippen LogP contribution in [0.4, 0.5) is 0 Å². The van der Waals surface area contributed by atoms with E-state index >= 15 is 0 Å². The molecule has 1 aliphatic heterocycles. The predicted molar refractivity (Wildman–Crippen MR) is 103 cm³/mol. The van der Waals surface area contributed by atoms with E-state index in [1.807, 2.05) is 62.1 Å². The summed E-state index contributed by atoms with van der Waals surface area (Å²) in [6.45, 7) is 6.76. The average molecular weight is 361 g/mol. The van der Waals surface area contributed by atoms with Crippen LogP contribution in [-0.4, -0.2) is 27.5 Å². The van der Waals surface area contributed by atoms with Gasteiger partial charge in [-0.2, -0.15) is 4.98 Å². The molecule has 1 unspecified atom stereocenters. The van der Waals surface area contributed by atoms with E-state index in [1.165, 1.54) is 0 Å². The smallest absolute Gasteiger partial charge is 0.254 e. The third-order valence-electron chi connectivity index (χ3n) is 4.99. The molecule has 0 aliphatic carbocycles. The second kappa shape index (κ2) is 6.99. The topological polar surface area (TPSA) is 59.2 Å². The molecule has 1 aliphatic rings. The van der Waals surface area contributed by atoms with Crippen molar-refractivity contribution in [3.63, 3.8) is 0 Å². The van der Waals surface area contributed by atoms with Crippen molar-refractivity contribution in [2.45, 2.75) is 39.7 Å². The minimum atomic E-state index is -0.163. The highest BCUT2D eigenvalue weighted by Crippen LogP contribution is 2.33. The van der Waals surface area contributed by atoms with E-state index in [1.54, 1.807) is 0 Å². The maximum atomic E-state index is 13.1. The first-order valence-corrected chi connectivity index (χ1v) is 9.31. The molecular formula is C22H23N3O2. The lowest BCUT2D eigenvalue weighted by molar-refractivity contribution is 0.0710. The molecule has 5 nitrogen and oxygen atoms in total. The molecule has 1 amide bonds. The summed E-state index contributed by atoms with van der Waals surface area (Å²) in [5.41, 5.74) is 4.97. The molecule has 0 saturated carbocycles. The molecule has 1 fully saturated rings. The second-order valence-corrected chi connectivity index (χ2v) is 7.36. The van der Waals surface area contributed by atoms with Gasteiger partial charge in [-0.3, -0.25) is 4.79 Å². The number of carbonyl (C=O) groups is 1. The number of hydrogen-bond acceptors (Lipinski definition) is 4. The van der Waals surface area contributed by atoms with E-state index in [9.17, 15) is 4.79 Å². The number of hydrogen-bond donors (Lipinski definition) is 0. The van der Waals surface area contributed by atoms with Gasteiger partial charge in [0.15, 0.2) is 0 Å². The van der Waals surface area contributed by atoms with Crippen LogP contribution in [0.25, 0.3) is 11.4 Å². The number of benzene rings is 2. The fourth-order valence-electron chi connectivity index (χ4n) is 3.80. The Bertz CT molecular complexity index is 972. The number of amides is 1. The summed E-state index contributed by atoms with van der Waals surface area (Å²) < 4.78 is 5.55. The summed E-state index contributed by atoms with van der Waals surface area (Å²) in [5, 5.41) is 4.14. The van der Waals surface area contributed by atoms with Crippen LogP contribution >= 0.6 is 0 Å². The number of aryl methyl sites for hydroxylation is 3. The molecule has 0 spiro atoms. The molecule has 27 heavy (non-hydrogen) atoms. The molecule has 0 radical (unpaired) electrons. The van der Waals surface area contributed by atoms with Crippen molar-refractivity contribution in [1.82, 2.24) is 15.0 Å². The first-order valence-electron chi connectivity index (χ1n) is 9.31. The Morgan fingerprint density at radius 2 is 1.85 bits per heavy atom. The quantitative estimate of drug-likeness (QED) is 0.682. The molecule has 1 atom stereocenters. The van der Waals surface area contributed by atoms with Gasteiger partial charge in [0, 0.05) is 17.7 Å². The summed E-state index contributed by atoms with van der Waals surface area (Å²) in [4.78, 5) is 19.5. The first kappa shape index (κ1) is 17.5. The highest BCUT2D eigenvalue weighted by Gasteiger charge is 2.34. The van der Waals surface area contributed by atoms with Gasteiger partial charge >= 0.3 is 0 Å². The zero-order chi connectivity index (χ0) is 19.0. The first-order chi connectivity index (χ1) is 13.0. The van der Waals surface area contributed by atoms with E-state index in [0.29, 0.717) is 18.3 Å². The lowest BCUT2D eigenvalue weighted by atomic mass is 10.1. The summed E-state index contributed by atoms with van der Waals surface area (Å²) in [5.74, 6) is 1.11. The highest BCUT2D eigenvalue weighted by atomic mass is 16.5. The lowest BCUT2D eigenvalue weighted by Crippen LogP contribution is -2.30. The van der Waals surface area contributed by atoms with E-state index in [4.69, 9.17) is 4.52 Å². The van der Waals surface area contributed by atoms with Gasteiger partial charge in [0.1, 0.15) is 6.04 Å². The van der Waals surface area contributed by atoms with E-state index in [-0.39, 0.29) is 11.9 Å². The van der Waals surface area contributed by atoms with Crippen LogP contribution in [0.5, 0.6) is 0 Å². The van der Waals surface area contributed by atoms with Crippen molar-refractivity contribution < 1.29 is 9.32 Å². The van der Waals surface area contributed by atoms with Crippen molar-refractivity contribution in [3.8, 4) is 11.4 Å². The SMILES string of the molecule is Cc1cc(C)cc(C(=O)N2CCCC2c2nc(-c3cccc(C)c3)no2)c1. The van der Waals surface area contributed by atoms with E-state index in [0.717, 1.165) is 40.7 Å². The predicted octanol–water partition coefficient (Wildman–Crippen LogP) is 4.64. The van der Waals surface area contributed by atoms with Crippen LogP contribution in [0.3, 0.4) is 0 Å². The molecule has 3 aromatic rings. The minimum Gasteiger partial charge on any atom is -0.337 e. The van der Waals surface area contributed by atoms with E-state index < -0.39 is 0 Å². The highest BCUT2D eigenvalue weighted by molar-refractivity contribution is 5.95. The van der Waals surface area contributed by atoms with Crippen LogP contribution in [0.1, 0.15) is 51.8 Å². The Labute approximate surface area is 159 Å². The van der Waals surface area contributed by atoms with Crippen LogP contribution in [0.15, 0.2) is 47.0 Å². The van der Waals surface area contributed by atoms with Crippen LogP contribution < -0.4 is 0 Å². The van der Waals surface area contributed by atoms with Crippen molar-refractivity contribution >= 4 is 5.91 Å². The van der Waals surface area contributed by atoms with Crippen molar-refractivity contribution in [1.29, 1.82) is 0 Å². The molecule has 0 bridgehead atoms.